The summed E-state index contributed by atoms with van der Waals surface area (Å²) in [7, 11) is 0. The molecule has 32 heavy (non-hydrogen) atoms. The number of nitrogens with two attached hydrogens (primary N) is 1. The van der Waals surface area contributed by atoms with Gasteiger partial charge in [-0.25, -0.2) is 4.98 Å². The number of benzene rings is 2. The van der Waals surface area contributed by atoms with Crippen LogP contribution in [0.3, 0.4) is 0 Å². The van der Waals surface area contributed by atoms with E-state index in [1.54, 1.807) is 0 Å². The summed E-state index contributed by atoms with van der Waals surface area (Å²) in [5, 5.41) is 0. The Balaban J connectivity index is 1.24. The highest BCUT2D eigenvalue weighted by Crippen LogP contribution is 2.34. The van der Waals surface area contributed by atoms with Crippen molar-refractivity contribution in [2.75, 3.05) is 43.6 Å². The van der Waals surface area contributed by atoms with Crippen molar-refractivity contribution in [1.29, 1.82) is 0 Å². The van der Waals surface area contributed by atoms with Gasteiger partial charge < -0.3 is 24.8 Å². The van der Waals surface area contributed by atoms with E-state index in [2.05, 4.69) is 38.0 Å². The minimum Gasteiger partial charge on any atom is -0.454 e. The molecule has 8 nitrogen and oxygen atoms in total. The number of ether oxygens (including phenoxy) is 3. The molecule has 0 saturated carbocycles. The fourth-order valence-corrected chi connectivity index (χ4v) is 4.22. The third kappa shape index (κ3) is 4.27. The minimum absolute atomic E-state index is 0.299. The maximum absolute atomic E-state index is 6.42. The number of rotatable bonds is 5. The van der Waals surface area contributed by atoms with Crippen molar-refractivity contribution in [3.05, 3.63) is 59.4 Å². The minimum atomic E-state index is 0.299. The summed E-state index contributed by atoms with van der Waals surface area (Å²) in [5.74, 6) is 3.49. The van der Waals surface area contributed by atoms with Gasteiger partial charge in [0.05, 0.1) is 0 Å². The van der Waals surface area contributed by atoms with E-state index in [-0.39, 0.29) is 0 Å². The molecule has 0 radical (unpaired) electrons. The Morgan fingerprint density at radius 2 is 1.69 bits per heavy atom. The molecule has 2 aliphatic rings. The lowest BCUT2D eigenvalue weighted by molar-refractivity contribution is 0.174. The van der Waals surface area contributed by atoms with E-state index in [4.69, 9.17) is 19.9 Å². The van der Waals surface area contributed by atoms with Crippen molar-refractivity contribution in [3.8, 4) is 23.1 Å². The van der Waals surface area contributed by atoms with E-state index in [1.165, 1.54) is 11.9 Å². The summed E-state index contributed by atoms with van der Waals surface area (Å²) >= 11 is 0. The number of fused-ring (bicyclic) bond motifs is 1. The van der Waals surface area contributed by atoms with Crippen LogP contribution in [-0.2, 0) is 6.54 Å². The van der Waals surface area contributed by atoms with E-state index in [9.17, 15) is 0 Å². The number of aryl methyl sites for hydroxylation is 2. The van der Waals surface area contributed by atoms with Crippen LogP contribution in [0.15, 0.2) is 42.7 Å². The zero-order valence-corrected chi connectivity index (χ0v) is 18.4. The molecule has 2 aliphatic heterocycles. The molecule has 166 valence electrons. The summed E-state index contributed by atoms with van der Waals surface area (Å²) in [6.07, 6.45) is 1.52. The van der Waals surface area contributed by atoms with Crippen LogP contribution in [0.5, 0.6) is 23.1 Å². The molecule has 0 aliphatic carbocycles. The van der Waals surface area contributed by atoms with Crippen LogP contribution in [0.1, 0.15) is 16.7 Å². The third-order valence-corrected chi connectivity index (χ3v) is 5.75. The molecule has 1 fully saturated rings. The van der Waals surface area contributed by atoms with Crippen LogP contribution in [0, 0.1) is 13.8 Å². The highest BCUT2D eigenvalue weighted by Gasteiger charge is 2.23. The molecular formula is C24H27N5O3. The van der Waals surface area contributed by atoms with Crippen molar-refractivity contribution in [2.24, 2.45) is 0 Å². The van der Waals surface area contributed by atoms with Gasteiger partial charge in [0.25, 0.3) is 0 Å². The lowest BCUT2D eigenvalue weighted by atomic mass is 10.1. The van der Waals surface area contributed by atoms with Crippen molar-refractivity contribution in [3.63, 3.8) is 0 Å². The van der Waals surface area contributed by atoms with Gasteiger partial charge in [-0.05, 0) is 54.8 Å². The molecular weight excluding hydrogens is 406 g/mol. The molecule has 3 heterocycles. The molecule has 0 amide bonds. The first-order valence-electron chi connectivity index (χ1n) is 10.8. The average Bonchev–Trinajstić information content (AvgIpc) is 3.23. The van der Waals surface area contributed by atoms with Gasteiger partial charge in [-0.2, -0.15) is 4.98 Å². The molecule has 2 aromatic carbocycles. The number of nitrogens with zero attached hydrogens (tertiary/aromatic N) is 4. The second-order valence-electron chi connectivity index (χ2n) is 8.29. The van der Waals surface area contributed by atoms with E-state index in [0.717, 1.165) is 66.9 Å². The van der Waals surface area contributed by atoms with Crippen LogP contribution in [-0.4, -0.2) is 47.8 Å². The highest BCUT2D eigenvalue weighted by atomic mass is 16.7. The predicted molar refractivity (Wildman–Crippen MR) is 122 cm³/mol. The Labute approximate surface area is 187 Å². The highest BCUT2D eigenvalue weighted by molar-refractivity contribution is 5.68. The number of aromatic nitrogens is 2. The smallest absolute Gasteiger partial charge is 0.248 e. The number of hydrogen-bond acceptors (Lipinski definition) is 8. The van der Waals surface area contributed by atoms with Gasteiger partial charge in [0.2, 0.25) is 12.7 Å². The Kier molecular flexibility index (Phi) is 5.45. The molecule has 0 atom stereocenters. The van der Waals surface area contributed by atoms with Crippen molar-refractivity contribution in [1.82, 2.24) is 14.9 Å². The lowest BCUT2D eigenvalue weighted by Crippen LogP contribution is -2.46. The van der Waals surface area contributed by atoms with Crippen LogP contribution < -0.4 is 24.8 Å². The Morgan fingerprint density at radius 3 is 2.47 bits per heavy atom. The number of nitrogen functional groups attached to an aromatic ring is 1. The first-order valence-corrected chi connectivity index (χ1v) is 10.8. The normalized spacial score (nSPS) is 15.8. The monoisotopic (exact) mass is 433 g/mol. The van der Waals surface area contributed by atoms with Crippen molar-refractivity contribution >= 4 is 11.5 Å². The molecule has 0 spiro atoms. The fourth-order valence-electron chi connectivity index (χ4n) is 4.22. The van der Waals surface area contributed by atoms with Gasteiger partial charge in [0, 0.05) is 32.7 Å². The van der Waals surface area contributed by atoms with Crippen molar-refractivity contribution in [2.45, 2.75) is 20.4 Å². The Hall–Kier alpha value is -3.52. The summed E-state index contributed by atoms with van der Waals surface area (Å²) in [6, 6.07) is 12.2. The maximum atomic E-state index is 6.42. The fraction of sp³-hybridized carbons (Fsp3) is 0.333. The largest absolute Gasteiger partial charge is 0.454 e. The zero-order chi connectivity index (χ0) is 22.1. The predicted octanol–water partition coefficient (Wildman–Crippen LogP) is 3.52. The van der Waals surface area contributed by atoms with Gasteiger partial charge in [0.15, 0.2) is 17.3 Å². The van der Waals surface area contributed by atoms with Gasteiger partial charge in [-0.15, -0.1) is 0 Å². The molecule has 1 saturated heterocycles. The Morgan fingerprint density at radius 1 is 0.938 bits per heavy atom. The number of hydrogen-bond donors (Lipinski definition) is 1. The van der Waals surface area contributed by atoms with Gasteiger partial charge >= 0.3 is 0 Å². The first kappa shape index (κ1) is 20.4. The van der Waals surface area contributed by atoms with E-state index in [0.29, 0.717) is 18.4 Å². The van der Waals surface area contributed by atoms with Crippen LogP contribution in [0.4, 0.5) is 11.5 Å². The molecule has 3 aromatic rings. The van der Waals surface area contributed by atoms with Gasteiger partial charge in [-0.1, -0.05) is 12.1 Å². The molecule has 5 rings (SSSR count). The topological polar surface area (TPSA) is 86.0 Å². The second kappa shape index (κ2) is 8.55. The average molecular weight is 434 g/mol. The first-order chi connectivity index (χ1) is 15.5. The molecule has 8 heteroatoms. The van der Waals surface area contributed by atoms with Crippen LogP contribution in [0.2, 0.25) is 0 Å². The molecule has 1 aromatic heterocycles. The SMILES string of the molecule is Cc1cc(C)cc(Oc2ncnc(N3CCN(Cc4ccc5c(c4)OCO5)CC3)c2N)c1. The second-order valence-corrected chi connectivity index (χ2v) is 8.29. The number of anilines is 2. The van der Waals surface area contributed by atoms with Crippen LogP contribution >= 0.6 is 0 Å². The zero-order valence-electron chi connectivity index (χ0n) is 18.4. The summed E-state index contributed by atoms with van der Waals surface area (Å²) in [4.78, 5) is 13.3. The summed E-state index contributed by atoms with van der Waals surface area (Å²) < 4.78 is 16.9. The Bertz CT molecular complexity index is 1110. The standard InChI is InChI=1S/C24H27N5O3/c1-16-9-17(2)11-19(10-16)32-24-22(25)23(26-14-27-24)29-7-5-28(6-8-29)13-18-3-4-20-21(12-18)31-15-30-20/h3-4,9-12,14H,5-8,13,15,25H2,1-2H3. The molecule has 0 bridgehead atoms. The van der Waals surface area contributed by atoms with Gasteiger partial charge in [0.1, 0.15) is 17.8 Å². The maximum Gasteiger partial charge on any atom is 0.248 e. The van der Waals surface area contributed by atoms with E-state index >= 15 is 0 Å². The van der Waals surface area contributed by atoms with Crippen molar-refractivity contribution < 1.29 is 14.2 Å². The van der Waals surface area contributed by atoms with E-state index < -0.39 is 0 Å². The summed E-state index contributed by atoms with van der Waals surface area (Å²) in [5.41, 5.74) is 10.4. The quantitative estimate of drug-likeness (QED) is 0.654. The summed E-state index contributed by atoms with van der Waals surface area (Å²) in [6.45, 7) is 8.72. The third-order valence-electron chi connectivity index (χ3n) is 5.75. The van der Waals surface area contributed by atoms with Crippen LogP contribution in [0.25, 0.3) is 0 Å². The van der Waals surface area contributed by atoms with E-state index in [1.807, 2.05) is 32.0 Å². The molecule has 0 unspecified atom stereocenters. The molecule has 2 N–H and O–H groups in total. The lowest BCUT2D eigenvalue weighted by Gasteiger charge is -2.35. The number of piperazine rings is 1. The van der Waals surface area contributed by atoms with Gasteiger partial charge in [-0.3, -0.25) is 4.90 Å².